The number of hydrogen-bond acceptors (Lipinski definition) is 3. The minimum Gasteiger partial charge on any atom is -0.493 e. The van der Waals surface area contributed by atoms with Crippen molar-refractivity contribution in [1.29, 1.82) is 0 Å². The molecule has 1 atom stereocenters. The highest BCUT2D eigenvalue weighted by molar-refractivity contribution is 5.82. The van der Waals surface area contributed by atoms with E-state index in [-0.39, 0.29) is 6.61 Å². The van der Waals surface area contributed by atoms with Crippen LogP contribution in [-0.2, 0) is 13.0 Å². The van der Waals surface area contributed by atoms with Gasteiger partial charge in [0.15, 0.2) is 0 Å². The standard InChI is InChI=1S/C71H75NO2/c1-5-6-7-10-22-58-31-43-68(44-32-58)72(69-45-39-63(40-46-69)61-33-25-59(26-34-61)24-23-56-18-11-8-12-19-56)70-47-41-64(42-48-70)62-35-27-60(28-36-62)29-37-65-52-71(74-50-49-55(4)17-15-16-54(2)3)66(51-67(65)53-73)38-30-57-20-13-9-14-21-57/h8-9,11-14,18-21,23-48,51-52,54-55,73H,5-7,10,15-17,22,49-50,53H2,1-4H3. The Labute approximate surface area is 443 Å². The molecule has 8 aromatic carbocycles. The zero-order valence-electron chi connectivity index (χ0n) is 44.2. The molecule has 0 saturated carbocycles. The van der Waals surface area contributed by atoms with Crippen LogP contribution in [0.15, 0.2) is 194 Å². The fraction of sp³-hybridized carbons (Fsp3) is 0.239. The van der Waals surface area contributed by atoms with Crippen LogP contribution < -0.4 is 9.64 Å². The monoisotopic (exact) mass is 974 g/mol. The van der Waals surface area contributed by atoms with Crippen LogP contribution in [0.5, 0.6) is 5.75 Å². The lowest BCUT2D eigenvalue weighted by molar-refractivity contribution is 0.272. The fourth-order valence-corrected chi connectivity index (χ4v) is 9.48. The Balaban J connectivity index is 0.987. The van der Waals surface area contributed by atoms with E-state index in [1.807, 2.05) is 24.3 Å². The maximum Gasteiger partial charge on any atom is 0.127 e. The molecular formula is C71H75NO2. The van der Waals surface area contributed by atoms with E-state index >= 15 is 0 Å². The summed E-state index contributed by atoms with van der Waals surface area (Å²) in [7, 11) is 0. The number of rotatable bonds is 25. The Hall–Kier alpha value is -7.46. The lowest BCUT2D eigenvalue weighted by Crippen LogP contribution is -2.10. The Bertz CT molecular complexity index is 3000. The summed E-state index contributed by atoms with van der Waals surface area (Å²) in [4.78, 5) is 2.36. The van der Waals surface area contributed by atoms with Crippen molar-refractivity contribution < 1.29 is 9.84 Å². The van der Waals surface area contributed by atoms with Crippen LogP contribution >= 0.6 is 0 Å². The molecule has 1 unspecified atom stereocenters. The molecule has 0 aliphatic rings. The molecule has 8 rings (SSSR count). The third-order valence-electron chi connectivity index (χ3n) is 14.0. The number of hydrogen-bond donors (Lipinski definition) is 1. The van der Waals surface area contributed by atoms with Crippen LogP contribution in [0, 0.1) is 11.8 Å². The molecule has 3 heteroatoms. The predicted molar refractivity (Wildman–Crippen MR) is 320 cm³/mol. The molecule has 0 heterocycles. The Morgan fingerprint density at radius 2 is 0.905 bits per heavy atom. The SMILES string of the molecule is CCCCCCc1ccc(N(c2ccc(-c3ccc(C=Cc4ccccc4)cc3)cc2)c2ccc(-c3ccc(C=Cc4cc(OCCC(C)CCCC(C)C)c(C=Cc5ccccc5)cc4CO)cc3)cc2)cc1. The first-order chi connectivity index (χ1) is 36.3. The van der Waals surface area contributed by atoms with Gasteiger partial charge in [0.2, 0.25) is 0 Å². The quantitative estimate of drug-likeness (QED) is 0.0458. The van der Waals surface area contributed by atoms with Crippen LogP contribution in [-0.4, -0.2) is 11.7 Å². The molecular weight excluding hydrogens is 899 g/mol. The van der Waals surface area contributed by atoms with E-state index in [2.05, 4.69) is 239 Å². The molecule has 376 valence electrons. The van der Waals surface area contributed by atoms with E-state index in [0.29, 0.717) is 12.5 Å². The number of benzene rings is 8. The first-order valence-corrected chi connectivity index (χ1v) is 27.2. The molecule has 74 heavy (non-hydrogen) atoms. The normalized spacial score (nSPS) is 12.1. The first-order valence-electron chi connectivity index (χ1n) is 27.2. The fourth-order valence-electron chi connectivity index (χ4n) is 9.48. The van der Waals surface area contributed by atoms with E-state index in [1.165, 1.54) is 72.8 Å². The molecule has 0 aliphatic carbocycles. The van der Waals surface area contributed by atoms with Crippen molar-refractivity contribution in [2.24, 2.45) is 11.8 Å². The van der Waals surface area contributed by atoms with Crippen LogP contribution in [0.25, 0.3) is 58.7 Å². The van der Waals surface area contributed by atoms with E-state index in [4.69, 9.17) is 4.74 Å². The van der Waals surface area contributed by atoms with Crippen LogP contribution in [0.1, 0.15) is 124 Å². The van der Waals surface area contributed by atoms with Gasteiger partial charge in [0.1, 0.15) is 5.75 Å². The molecule has 0 aliphatic heterocycles. The molecule has 0 fully saturated rings. The maximum absolute atomic E-state index is 10.6. The van der Waals surface area contributed by atoms with Gasteiger partial charge in [0, 0.05) is 22.6 Å². The van der Waals surface area contributed by atoms with Gasteiger partial charge in [-0.3, -0.25) is 0 Å². The highest BCUT2D eigenvalue weighted by atomic mass is 16.5. The number of aryl methyl sites for hydroxylation is 1. The topological polar surface area (TPSA) is 32.7 Å². The van der Waals surface area contributed by atoms with Crippen molar-refractivity contribution >= 4 is 53.5 Å². The molecule has 0 aromatic heterocycles. The molecule has 0 spiro atoms. The van der Waals surface area contributed by atoms with Gasteiger partial charge < -0.3 is 14.7 Å². The van der Waals surface area contributed by atoms with Gasteiger partial charge in [-0.25, -0.2) is 0 Å². The van der Waals surface area contributed by atoms with Crippen molar-refractivity contribution in [3.05, 3.63) is 239 Å². The number of nitrogens with zero attached hydrogens (tertiary/aromatic N) is 1. The Morgan fingerprint density at radius 1 is 0.446 bits per heavy atom. The van der Waals surface area contributed by atoms with Crippen molar-refractivity contribution in [2.75, 3.05) is 11.5 Å². The third kappa shape index (κ3) is 15.5. The average Bonchev–Trinajstić information content (AvgIpc) is 3.44. The number of aliphatic hydroxyl groups excluding tert-OH is 1. The van der Waals surface area contributed by atoms with Crippen molar-refractivity contribution in [3.8, 4) is 28.0 Å². The predicted octanol–water partition coefficient (Wildman–Crippen LogP) is 19.8. The molecule has 0 bridgehead atoms. The highest BCUT2D eigenvalue weighted by Crippen LogP contribution is 2.37. The van der Waals surface area contributed by atoms with Gasteiger partial charge in [-0.2, -0.15) is 0 Å². The summed E-state index contributed by atoms with van der Waals surface area (Å²) in [6.07, 6.45) is 23.7. The Kier molecular flexibility index (Phi) is 19.7. The third-order valence-corrected chi connectivity index (χ3v) is 14.0. The molecule has 0 saturated heterocycles. The molecule has 0 radical (unpaired) electrons. The maximum atomic E-state index is 10.6. The zero-order chi connectivity index (χ0) is 51.3. The van der Waals surface area contributed by atoms with Crippen molar-refractivity contribution in [3.63, 3.8) is 0 Å². The zero-order valence-corrected chi connectivity index (χ0v) is 44.2. The minimum absolute atomic E-state index is 0.0656. The second-order valence-corrected chi connectivity index (χ2v) is 20.3. The largest absolute Gasteiger partial charge is 0.493 e. The van der Waals surface area contributed by atoms with Crippen LogP contribution in [0.4, 0.5) is 17.1 Å². The van der Waals surface area contributed by atoms with Crippen LogP contribution in [0.2, 0.25) is 0 Å². The summed E-state index contributed by atoms with van der Waals surface area (Å²) in [6, 6.07) is 69.4. The summed E-state index contributed by atoms with van der Waals surface area (Å²) in [5, 5.41) is 10.6. The van der Waals surface area contributed by atoms with E-state index in [0.717, 1.165) is 80.5 Å². The molecule has 1 N–H and O–H groups in total. The number of anilines is 3. The summed E-state index contributed by atoms with van der Waals surface area (Å²) in [5.41, 5.74) is 16.8. The average molecular weight is 974 g/mol. The molecule has 8 aromatic rings. The van der Waals surface area contributed by atoms with E-state index < -0.39 is 0 Å². The van der Waals surface area contributed by atoms with Gasteiger partial charge in [-0.05, 0) is 141 Å². The number of unbranched alkanes of at least 4 members (excludes halogenated alkanes) is 3. The first kappa shape index (κ1) is 52.9. The van der Waals surface area contributed by atoms with Gasteiger partial charge >= 0.3 is 0 Å². The Morgan fingerprint density at radius 3 is 1.39 bits per heavy atom. The van der Waals surface area contributed by atoms with Crippen molar-refractivity contribution in [2.45, 2.75) is 92.1 Å². The number of aliphatic hydroxyl groups is 1. The summed E-state index contributed by atoms with van der Waals surface area (Å²) >= 11 is 0. The second-order valence-electron chi connectivity index (χ2n) is 20.3. The van der Waals surface area contributed by atoms with Gasteiger partial charge in [-0.15, -0.1) is 0 Å². The molecule has 0 amide bonds. The van der Waals surface area contributed by atoms with E-state index in [9.17, 15) is 5.11 Å². The molecule has 3 nitrogen and oxygen atoms in total. The number of ether oxygens (including phenoxy) is 1. The summed E-state index contributed by atoms with van der Waals surface area (Å²) < 4.78 is 6.55. The minimum atomic E-state index is -0.0656. The van der Waals surface area contributed by atoms with E-state index in [1.54, 1.807) is 0 Å². The van der Waals surface area contributed by atoms with Gasteiger partial charge in [-0.1, -0.05) is 248 Å². The smallest absolute Gasteiger partial charge is 0.127 e. The van der Waals surface area contributed by atoms with Gasteiger partial charge in [0.05, 0.1) is 13.2 Å². The lowest BCUT2D eigenvalue weighted by Gasteiger charge is -2.26. The van der Waals surface area contributed by atoms with Gasteiger partial charge in [0.25, 0.3) is 0 Å². The summed E-state index contributed by atoms with van der Waals surface area (Å²) in [6.45, 7) is 9.79. The lowest BCUT2D eigenvalue weighted by atomic mass is 9.97. The van der Waals surface area contributed by atoms with Crippen molar-refractivity contribution in [1.82, 2.24) is 0 Å². The van der Waals surface area contributed by atoms with Crippen LogP contribution in [0.3, 0.4) is 0 Å². The highest BCUT2D eigenvalue weighted by Gasteiger charge is 2.15. The second kappa shape index (κ2) is 27.6. The summed E-state index contributed by atoms with van der Waals surface area (Å²) in [5.74, 6) is 2.17.